The summed E-state index contributed by atoms with van der Waals surface area (Å²) in [5.74, 6) is -1.59. The van der Waals surface area contributed by atoms with Crippen LogP contribution < -0.4 is 5.73 Å². The van der Waals surface area contributed by atoms with Gasteiger partial charge in [0.05, 0.1) is 18.4 Å². The van der Waals surface area contributed by atoms with Gasteiger partial charge in [0, 0.05) is 11.4 Å². The van der Waals surface area contributed by atoms with Crippen molar-refractivity contribution in [3.05, 3.63) is 23.8 Å². The molecule has 0 atom stereocenters. The number of hydrogen-bond acceptors (Lipinski definition) is 4. The molecule has 0 aliphatic rings. The van der Waals surface area contributed by atoms with E-state index < -0.39 is 17.6 Å². The molecule has 0 saturated carbocycles. The molecule has 0 aliphatic heterocycles. The van der Waals surface area contributed by atoms with E-state index in [1.165, 1.54) is 7.11 Å². The average molecular weight is 247 g/mol. The van der Waals surface area contributed by atoms with Crippen LogP contribution in [0.15, 0.2) is 17.0 Å². The van der Waals surface area contributed by atoms with Gasteiger partial charge in [-0.25, -0.2) is 8.78 Å². The van der Waals surface area contributed by atoms with Gasteiger partial charge in [0.15, 0.2) is 0 Å². The zero-order valence-electron chi connectivity index (χ0n) is 8.63. The Labute approximate surface area is 96.0 Å². The summed E-state index contributed by atoms with van der Waals surface area (Å²) < 4.78 is 30.9. The lowest BCUT2D eigenvalue weighted by Crippen LogP contribution is -2.02. The second-order valence-corrected chi connectivity index (χ2v) is 4.09. The fraction of sp³-hybridized carbons (Fsp3) is 0.300. The first-order valence-electron chi connectivity index (χ1n) is 4.48. The van der Waals surface area contributed by atoms with Gasteiger partial charge in [0.1, 0.15) is 11.6 Å². The molecule has 3 nitrogen and oxygen atoms in total. The van der Waals surface area contributed by atoms with Gasteiger partial charge in [0.25, 0.3) is 0 Å². The number of nitrogen functional groups attached to an aromatic ring is 1. The van der Waals surface area contributed by atoms with E-state index in [9.17, 15) is 13.6 Å². The number of esters is 1. The van der Waals surface area contributed by atoms with Crippen LogP contribution in [-0.4, -0.2) is 18.8 Å². The quantitative estimate of drug-likeness (QED) is 0.503. The highest BCUT2D eigenvalue weighted by molar-refractivity contribution is 7.99. The van der Waals surface area contributed by atoms with Gasteiger partial charge >= 0.3 is 5.97 Å². The summed E-state index contributed by atoms with van der Waals surface area (Å²) >= 11 is 0.920. The summed E-state index contributed by atoms with van der Waals surface area (Å²) in [7, 11) is 1.26. The molecule has 1 rings (SSSR count). The molecular formula is C10H11F2NO2S. The van der Waals surface area contributed by atoms with E-state index in [1.807, 2.05) is 0 Å². The van der Waals surface area contributed by atoms with Crippen LogP contribution in [0.25, 0.3) is 0 Å². The van der Waals surface area contributed by atoms with Gasteiger partial charge in [0.2, 0.25) is 0 Å². The van der Waals surface area contributed by atoms with Gasteiger partial charge < -0.3 is 10.5 Å². The van der Waals surface area contributed by atoms with E-state index >= 15 is 0 Å². The maximum atomic E-state index is 13.3. The molecule has 0 fully saturated rings. The van der Waals surface area contributed by atoms with Crippen molar-refractivity contribution in [1.29, 1.82) is 0 Å². The van der Waals surface area contributed by atoms with Gasteiger partial charge in [-0.05, 0) is 12.1 Å². The van der Waals surface area contributed by atoms with Gasteiger partial charge in [-0.3, -0.25) is 4.79 Å². The van der Waals surface area contributed by atoms with E-state index in [1.54, 1.807) is 0 Å². The van der Waals surface area contributed by atoms with Gasteiger partial charge in [-0.15, -0.1) is 11.8 Å². The van der Waals surface area contributed by atoms with E-state index in [-0.39, 0.29) is 22.8 Å². The van der Waals surface area contributed by atoms with E-state index in [4.69, 9.17) is 5.73 Å². The first-order chi connectivity index (χ1) is 7.54. The summed E-state index contributed by atoms with van der Waals surface area (Å²) in [6, 6.07) is 2.09. The first-order valence-corrected chi connectivity index (χ1v) is 5.47. The summed E-state index contributed by atoms with van der Waals surface area (Å²) in [4.78, 5) is 10.7. The third kappa shape index (κ3) is 3.37. The number of rotatable bonds is 4. The number of ether oxygens (including phenoxy) is 1. The van der Waals surface area contributed by atoms with Crippen LogP contribution in [-0.2, 0) is 9.53 Å². The highest BCUT2D eigenvalue weighted by Crippen LogP contribution is 2.27. The molecule has 0 amide bonds. The standard InChI is InChI=1S/C10H11F2NO2S/c1-15-9(14)2-3-16-10-7(11)4-6(13)5-8(10)12/h4-5H,2-3,13H2,1H3. The lowest BCUT2D eigenvalue weighted by Gasteiger charge is -2.05. The molecule has 0 spiro atoms. The molecule has 88 valence electrons. The fourth-order valence-corrected chi connectivity index (χ4v) is 1.92. The van der Waals surface area contributed by atoms with Crippen molar-refractivity contribution >= 4 is 23.4 Å². The van der Waals surface area contributed by atoms with E-state index in [2.05, 4.69) is 4.74 Å². The monoisotopic (exact) mass is 247 g/mol. The Bertz CT molecular complexity index is 375. The molecular weight excluding hydrogens is 236 g/mol. The van der Waals surface area contributed by atoms with Crippen LogP contribution in [0.5, 0.6) is 0 Å². The van der Waals surface area contributed by atoms with Crippen molar-refractivity contribution in [2.24, 2.45) is 0 Å². The van der Waals surface area contributed by atoms with Gasteiger partial charge in [-0.1, -0.05) is 0 Å². The number of nitrogens with two attached hydrogens (primary N) is 1. The SMILES string of the molecule is COC(=O)CCSc1c(F)cc(N)cc1F. The molecule has 0 bridgehead atoms. The molecule has 1 aromatic rings. The van der Waals surface area contributed by atoms with Crippen molar-refractivity contribution in [2.75, 3.05) is 18.6 Å². The lowest BCUT2D eigenvalue weighted by molar-refractivity contribution is -0.140. The highest BCUT2D eigenvalue weighted by atomic mass is 32.2. The predicted molar refractivity (Wildman–Crippen MR) is 58.1 cm³/mol. The average Bonchev–Trinajstić information content (AvgIpc) is 2.21. The predicted octanol–water partition coefficient (Wildman–Crippen LogP) is 2.20. The Kier molecular flexibility index (Phi) is 4.54. The Morgan fingerprint density at radius 3 is 2.50 bits per heavy atom. The summed E-state index contributed by atoms with van der Waals surface area (Å²) in [6.45, 7) is 0. The number of methoxy groups -OCH3 is 1. The van der Waals surface area contributed by atoms with Crippen molar-refractivity contribution in [3.63, 3.8) is 0 Å². The maximum absolute atomic E-state index is 13.3. The zero-order valence-corrected chi connectivity index (χ0v) is 9.44. The van der Waals surface area contributed by atoms with Crippen molar-refractivity contribution < 1.29 is 18.3 Å². The molecule has 0 aliphatic carbocycles. The Balaban J connectivity index is 2.64. The van der Waals surface area contributed by atoms with E-state index in [0.717, 1.165) is 23.9 Å². The topological polar surface area (TPSA) is 52.3 Å². The van der Waals surface area contributed by atoms with Crippen molar-refractivity contribution in [1.82, 2.24) is 0 Å². The van der Waals surface area contributed by atoms with Crippen LogP contribution >= 0.6 is 11.8 Å². The van der Waals surface area contributed by atoms with Crippen molar-refractivity contribution in [2.45, 2.75) is 11.3 Å². The largest absolute Gasteiger partial charge is 0.469 e. The molecule has 0 saturated heterocycles. The number of halogens is 2. The molecule has 0 aromatic heterocycles. The Morgan fingerprint density at radius 2 is 2.00 bits per heavy atom. The second kappa shape index (κ2) is 5.69. The Hall–Kier alpha value is -1.30. The first kappa shape index (κ1) is 12.8. The number of benzene rings is 1. The number of carbonyl (C=O) groups excluding carboxylic acids is 1. The van der Waals surface area contributed by atoms with Crippen LogP contribution in [0.1, 0.15) is 6.42 Å². The van der Waals surface area contributed by atoms with Crippen LogP contribution in [0.2, 0.25) is 0 Å². The summed E-state index contributed by atoms with van der Waals surface area (Å²) in [6.07, 6.45) is 0.102. The number of hydrogen-bond donors (Lipinski definition) is 1. The number of anilines is 1. The number of thioether (sulfide) groups is 1. The smallest absolute Gasteiger partial charge is 0.306 e. The van der Waals surface area contributed by atoms with Crippen LogP contribution in [0.3, 0.4) is 0 Å². The molecule has 0 unspecified atom stereocenters. The summed E-state index contributed by atoms with van der Waals surface area (Å²) in [5.41, 5.74) is 5.30. The van der Waals surface area contributed by atoms with Crippen LogP contribution in [0.4, 0.5) is 14.5 Å². The fourth-order valence-electron chi connectivity index (χ4n) is 1.06. The molecule has 6 heteroatoms. The van der Waals surface area contributed by atoms with Crippen LogP contribution in [0, 0.1) is 11.6 Å². The molecule has 16 heavy (non-hydrogen) atoms. The van der Waals surface area contributed by atoms with Crippen molar-refractivity contribution in [3.8, 4) is 0 Å². The lowest BCUT2D eigenvalue weighted by atomic mass is 10.3. The third-order valence-electron chi connectivity index (χ3n) is 1.80. The normalized spacial score (nSPS) is 10.2. The molecule has 0 radical (unpaired) electrons. The third-order valence-corrected chi connectivity index (χ3v) is 2.89. The molecule has 0 heterocycles. The minimum atomic E-state index is -0.715. The maximum Gasteiger partial charge on any atom is 0.306 e. The zero-order chi connectivity index (χ0) is 12.1. The molecule has 1 aromatic carbocycles. The Morgan fingerprint density at radius 1 is 1.44 bits per heavy atom. The van der Waals surface area contributed by atoms with E-state index in [0.29, 0.717) is 0 Å². The molecule has 2 N–H and O–H groups in total. The summed E-state index contributed by atoms with van der Waals surface area (Å²) in [5, 5.41) is 0. The minimum Gasteiger partial charge on any atom is -0.469 e. The second-order valence-electron chi connectivity index (χ2n) is 2.99. The van der Waals surface area contributed by atoms with Gasteiger partial charge in [-0.2, -0.15) is 0 Å². The highest BCUT2D eigenvalue weighted by Gasteiger charge is 2.11. The minimum absolute atomic E-state index is 0.0346. The number of carbonyl (C=O) groups is 1.